The van der Waals surface area contributed by atoms with Gasteiger partial charge in [-0.2, -0.15) is 4.31 Å². The minimum Gasteiger partial charge on any atom is -0.469 e. The summed E-state index contributed by atoms with van der Waals surface area (Å²) < 4.78 is 32.2. The summed E-state index contributed by atoms with van der Waals surface area (Å²) in [4.78, 5) is 12.7. The van der Waals surface area contributed by atoms with Gasteiger partial charge in [-0.1, -0.05) is 0 Å². The van der Waals surface area contributed by atoms with Gasteiger partial charge >= 0.3 is 5.97 Å². The van der Waals surface area contributed by atoms with Crippen molar-refractivity contribution >= 4 is 43.3 Å². The van der Waals surface area contributed by atoms with Gasteiger partial charge in [0.2, 0.25) is 10.0 Å². The Morgan fingerprint density at radius 2 is 2.25 bits per heavy atom. The summed E-state index contributed by atoms with van der Waals surface area (Å²) in [6, 6.07) is 1.62. The van der Waals surface area contributed by atoms with Crippen LogP contribution in [0.3, 0.4) is 0 Å². The molecular weight excluding hydrogens is 366 g/mol. The quantitative estimate of drug-likeness (QED) is 0.754. The second-order valence-electron chi connectivity index (χ2n) is 4.70. The zero-order valence-corrected chi connectivity index (χ0v) is 14.5. The van der Waals surface area contributed by atoms with Crippen LogP contribution in [0.15, 0.2) is 14.7 Å². The van der Waals surface area contributed by atoms with Crippen molar-refractivity contribution in [3.63, 3.8) is 0 Å². The van der Waals surface area contributed by atoms with Crippen molar-refractivity contribution in [2.75, 3.05) is 20.2 Å². The normalized spacial score (nSPS) is 20.9. The topological polar surface area (TPSA) is 63.7 Å². The molecule has 0 aliphatic carbocycles. The number of piperidine rings is 1. The van der Waals surface area contributed by atoms with Crippen molar-refractivity contribution in [1.82, 2.24) is 4.31 Å². The number of rotatable bonds is 3. The van der Waals surface area contributed by atoms with Crippen LogP contribution in [0.25, 0.3) is 0 Å². The Labute approximate surface area is 131 Å². The van der Waals surface area contributed by atoms with E-state index in [1.54, 1.807) is 13.0 Å². The second-order valence-corrected chi connectivity index (χ2v) is 9.24. The highest BCUT2D eigenvalue weighted by molar-refractivity contribution is 9.11. The SMILES string of the molecule is COC(=O)C1CCCN(S(=O)(=O)c2cc(Br)sc2C)C1. The number of nitrogens with zero attached hydrogens (tertiary/aromatic N) is 1. The molecule has 112 valence electrons. The van der Waals surface area contributed by atoms with Crippen molar-refractivity contribution in [3.8, 4) is 0 Å². The average Bonchev–Trinajstić information content (AvgIpc) is 2.77. The number of halogens is 1. The zero-order chi connectivity index (χ0) is 14.9. The smallest absolute Gasteiger partial charge is 0.309 e. The molecular formula is C12H16BrNO4S2. The number of esters is 1. The molecule has 1 aliphatic heterocycles. The fourth-order valence-electron chi connectivity index (χ4n) is 2.35. The Hall–Kier alpha value is -0.440. The lowest BCUT2D eigenvalue weighted by Crippen LogP contribution is -2.42. The summed E-state index contributed by atoms with van der Waals surface area (Å²) >= 11 is 4.70. The van der Waals surface area contributed by atoms with Crippen molar-refractivity contribution in [2.45, 2.75) is 24.7 Å². The third-order valence-corrected chi connectivity index (χ3v) is 7.05. The third kappa shape index (κ3) is 3.08. The molecule has 1 saturated heterocycles. The van der Waals surface area contributed by atoms with Crippen LogP contribution in [0.4, 0.5) is 0 Å². The molecule has 2 rings (SSSR count). The van der Waals surface area contributed by atoms with Gasteiger partial charge in [-0.3, -0.25) is 4.79 Å². The van der Waals surface area contributed by atoms with Crippen LogP contribution in [-0.4, -0.2) is 38.9 Å². The number of sulfonamides is 1. The number of hydrogen-bond donors (Lipinski definition) is 0. The number of aryl methyl sites for hydroxylation is 1. The summed E-state index contributed by atoms with van der Waals surface area (Å²) in [7, 11) is -2.21. The average molecular weight is 382 g/mol. The van der Waals surface area contributed by atoms with Gasteiger partial charge in [0.1, 0.15) is 0 Å². The van der Waals surface area contributed by atoms with E-state index in [-0.39, 0.29) is 18.4 Å². The van der Waals surface area contributed by atoms with E-state index < -0.39 is 10.0 Å². The van der Waals surface area contributed by atoms with Gasteiger partial charge in [-0.25, -0.2) is 8.42 Å². The summed E-state index contributed by atoms with van der Waals surface area (Å²) in [5.41, 5.74) is 0. The molecule has 1 atom stereocenters. The summed E-state index contributed by atoms with van der Waals surface area (Å²) in [6.07, 6.45) is 1.34. The molecule has 0 radical (unpaired) electrons. The van der Waals surface area contributed by atoms with Gasteiger partial charge in [0.05, 0.1) is 21.7 Å². The van der Waals surface area contributed by atoms with Crippen LogP contribution >= 0.6 is 27.3 Å². The van der Waals surface area contributed by atoms with Gasteiger partial charge in [0.25, 0.3) is 0 Å². The Morgan fingerprint density at radius 3 is 2.80 bits per heavy atom. The first-order chi connectivity index (χ1) is 9.36. The number of carbonyl (C=O) groups excluding carboxylic acids is 1. The van der Waals surface area contributed by atoms with E-state index in [0.29, 0.717) is 24.3 Å². The first kappa shape index (κ1) is 15.9. The Kier molecular flexibility index (Phi) is 4.88. The molecule has 20 heavy (non-hydrogen) atoms. The minimum atomic E-state index is -3.54. The Bertz CT molecular complexity index is 611. The van der Waals surface area contributed by atoms with Crippen LogP contribution < -0.4 is 0 Å². The molecule has 0 saturated carbocycles. The monoisotopic (exact) mass is 381 g/mol. The largest absolute Gasteiger partial charge is 0.469 e. The number of carbonyl (C=O) groups is 1. The number of methoxy groups -OCH3 is 1. The maximum atomic E-state index is 12.6. The predicted octanol–water partition coefficient (Wildman–Crippen LogP) is 2.39. The van der Waals surface area contributed by atoms with Gasteiger partial charge in [0, 0.05) is 18.0 Å². The second kappa shape index (κ2) is 6.13. The highest BCUT2D eigenvalue weighted by atomic mass is 79.9. The van der Waals surface area contributed by atoms with Crippen molar-refractivity contribution < 1.29 is 17.9 Å². The fourth-order valence-corrected chi connectivity index (χ4v) is 6.25. The van der Waals surface area contributed by atoms with E-state index in [2.05, 4.69) is 15.9 Å². The predicted molar refractivity (Wildman–Crippen MR) is 80.3 cm³/mol. The molecule has 1 fully saturated rings. The fraction of sp³-hybridized carbons (Fsp3) is 0.583. The van der Waals surface area contributed by atoms with Crippen molar-refractivity contribution in [2.24, 2.45) is 5.92 Å². The van der Waals surface area contributed by atoms with Crippen LogP contribution in [0, 0.1) is 12.8 Å². The van der Waals surface area contributed by atoms with Crippen LogP contribution in [0.5, 0.6) is 0 Å². The lowest BCUT2D eigenvalue weighted by Gasteiger charge is -2.30. The summed E-state index contributed by atoms with van der Waals surface area (Å²) in [5.74, 6) is -0.709. The molecule has 5 nitrogen and oxygen atoms in total. The van der Waals surface area contributed by atoms with E-state index in [0.717, 1.165) is 8.66 Å². The van der Waals surface area contributed by atoms with E-state index in [4.69, 9.17) is 4.74 Å². The van der Waals surface area contributed by atoms with Crippen LogP contribution in [0.2, 0.25) is 0 Å². The Balaban J connectivity index is 2.26. The molecule has 0 N–H and O–H groups in total. The number of thiophene rings is 1. The lowest BCUT2D eigenvalue weighted by atomic mass is 10.0. The zero-order valence-electron chi connectivity index (χ0n) is 11.3. The van der Waals surface area contributed by atoms with Gasteiger partial charge < -0.3 is 4.74 Å². The van der Waals surface area contributed by atoms with Crippen molar-refractivity contribution in [1.29, 1.82) is 0 Å². The maximum Gasteiger partial charge on any atom is 0.309 e. The summed E-state index contributed by atoms with van der Waals surface area (Å²) in [6.45, 7) is 2.43. The standard InChI is InChI=1S/C12H16BrNO4S2/c1-8-10(6-11(13)19-8)20(16,17)14-5-3-4-9(7-14)12(15)18-2/h6,9H,3-5,7H2,1-2H3. The molecule has 1 aromatic heterocycles. The number of hydrogen-bond acceptors (Lipinski definition) is 5. The molecule has 0 amide bonds. The Morgan fingerprint density at radius 1 is 1.55 bits per heavy atom. The van der Waals surface area contributed by atoms with E-state index in [1.807, 2.05) is 0 Å². The summed E-state index contributed by atoms with van der Waals surface area (Å²) in [5, 5.41) is 0. The maximum absolute atomic E-state index is 12.6. The molecule has 1 aromatic rings. The van der Waals surface area contributed by atoms with E-state index in [9.17, 15) is 13.2 Å². The minimum absolute atomic E-state index is 0.196. The van der Waals surface area contributed by atoms with Crippen LogP contribution in [-0.2, 0) is 19.6 Å². The van der Waals surface area contributed by atoms with Crippen LogP contribution in [0.1, 0.15) is 17.7 Å². The molecule has 2 heterocycles. The molecule has 0 spiro atoms. The number of ether oxygens (including phenoxy) is 1. The van der Waals surface area contributed by atoms with Gasteiger partial charge in [-0.05, 0) is 41.8 Å². The van der Waals surface area contributed by atoms with Gasteiger partial charge in [-0.15, -0.1) is 11.3 Å². The molecule has 1 aliphatic rings. The van der Waals surface area contributed by atoms with E-state index >= 15 is 0 Å². The molecule has 8 heteroatoms. The van der Waals surface area contributed by atoms with E-state index in [1.165, 1.54) is 22.8 Å². The van der Waals surface area contributed by atoms with Crippen molar-refractivity contribution in [3.05, 3.63) is 14.7 Å². The highest BCUT2D eigenvalue weighted by Crippen LogP contribution is 2.33. The third-order valence-electron chi connectivity index (χ3n) is 3.38. The van der Waals surface area contributed by atoms with Gasteiger partial charge in [0.15, 0.2) is 0 Å². The molecule has 1 unspecified atom stereocenters. The first-order valence-corrected chi connectivity index (χ1v) is 9.25. The molecule has 0 aromatic carbocycles. The highest BCUT2D eigenvalue weighted by Gasteiger charge is 2.35. The lowest BCUT2D eigenvalue weighted by molar-refractivity contribution is -0.146. The first-order valence-electron chi connectivity index (χ1n) is 6.20. The molecule has 0 bridgehead atoms.